The highest BCUT2D eigenvalue weighted by Crippen LogP contribution is 2.29. The summed E-state index contributed by atoms with van der Waals surface area (Å²) in [6.45, 7) is 2.81. The third kappa shape index (κ3) is 2.86. The first-order chi connectivity index (χ1) is 11.4. The van der Waals surface area contributed by atoms with E-state index < -0.39 is 10.0 Å². The molecule has 1 aliphatic heterocycles. The molecule has 1 aromatic heterocycles. The van der Waals surface area contributed by atoms with Gasteiger partial charge < -0.3 is 4.90 Å². The van der Waals surface area contributed by atoms with E-state index in [1.165, 1.54) is 22.6 Å². The molecule has 0 radical (unpaired) electrons. The van der Waals surface area contributed by atoms with Gasteiger partial charge in [0, 0.05) is 38.1 Å². The molecule has 0 bridgehead atoms. The molecular formula is C17H18N4O2S. The molecule has 24 heavy (non-hydrogen) atoms. The maximum Gasteiger partial charge on any atom is 0.245 e. The third-order valence-electron chi connectivity index (χ3n) is 4.22. The Kier molecular flexibility index (Phi) is 4.26. The van der Waals surface area contributed by atoms with E-state index in [2.05, 4.69) is 9.88 Å². The standard InChI is InChI=1S/C17H18N4O2S/c1-13-11-20(2)17-6-4-3-5-14(17)12-21(13)24(22,23)16-8-7-15(9-18)19-10-16/h3-8,10,13H,11-12H2,1-2H3/t13-/m1/s1. The number of nitrogens with zero attached hydrogens (tertiary/aromatic N) is 4. The van der Waals surface area contributed by atoms with E-state index in [0.29, 0.717) is 13.1 Å². The third-order valence-corrected chi connectivity index (χ3v) is 6.16. The first kappa shape index (κ1) is 16.4. The Hall–Kier alpha value is -2.43. The van der Waals surface area contributed by atoms with Crippen LogP contribution in [-0.4, -0.2) is 37.3 Å². The van der Waals surface area contributed by atoms with Gasteiger partial charge >= 0.3 is 0 Å². The van der Waals surface area contributed by atoms with Crippen LogP contribution in [0.1, 0.15) is 18.2 Å². The lowest BCUT2D eigenvalue weighted by Crippen LogP contribution is -2.41. The highest BCUT2D eigenvalue weighted by molar-refractivity contribution is 7.89. The number of benzene rings is 1. The summed E-state index contributed by atoms with van der Waals surface area (Å²) in [6, 6.07) is 12.4. The molecule has 1 atom stereocenters. The van der Waals surface area contributed by atoms with E-state index >= 15 is 0 Å². The zero-order valence-electron chi connectivity index (χ0n) is 13.5. The molecular weight excluding hydrogens is 324 g/mol. The van der Waals surface area contributed by atoms with Crippen molar-refractivity contribution < 1.29 is 8.42 Å². The Morgan fingerprint density at radius 3 is 2.67 bits per heavy atom. The van der Waals surface area contributed by atoms with Crippen LogP contribution in [0.25, 0.3) is 0 Å². The summed E-state index contributed by atoms with van der Waals surface area (Å²) in [5.74, 6) is 0. The number of rotatable bonds is 2. The van der Waals surface area contributed by atoms with Gasteiger partial charge in [-0.15, -0.1) is 0 Å². The van der Waals surface area contributed by atoms with E-state index in [1.807, 2.05) is 44.3 Å². The van der Waals surface area contributed by atoms with Crippen molar-refractivity contribution in [3.8, 4) is 6.07 Å². The number of fused-ring (bicyclic) bond motifs is 1. The number of aromatic nitrogens is 1. The zero-order valence-corrected chi connectivity index (χ0v) is 14.4. The molecule has 0 fully saturated rings. The minimum absolute atomic E-state index is 0.107. The van der Waals surface area contributed by atoms with E-state index in [4.69, 9.17) is 5.26 Å². The second kappa shape index (κ2) is 6.23. The maximum atomic E-state index is 13.1. The van der Waals surface area contributed by atoms with E-state index in [1.54, 1.807) is 0 Å². The molecule has 0 saturated heterocycles. The molecule has 3 rings (SSSR count). The first-order valence-electron chi connectivity index (χ1n) is 7.60. The normalized spacial score (nSPS) is 18.5. The molecule has 0 N–H and O–H groups in total. The summed E-state index contributed by atoms with van der Waals surface area (Å²) in [7, 11) is -1.72. The molecule has 0 amide bonds. The van der Waals surface area contributed by atoms with Gasteiger partial charge in [0.15, 0.2) is 0 Å². The molecule has 2 aromatic rings. The molecule has 0 unspecified atom stereocenters. The van der Waals surface area contributed by atoms with Gasteiger partial charge in [-0.05, 0) is 30.7 Å². The van der Waals surface area contributed by atoms with Crippen LogP contribution < -0.4 is 4.90 Å². The quantitative estimate of drug-likeness (QED) is 0.834. The highest BCUT2D eigenvalue weighted by atomic mass is 32.2. The fraction of sp³-hybridized carbons (Fsp3) is 0.294. The van der Waals surface area contributed by atoms with Crippen LogP contribution >= 0.6 is 0 Å². The van der Waals surface area contributed by atoms with E-state index in [-0.39, 0.29) is 16.6 Å². The molecule has 0 spiro atoms. The number of nitriles is 1. The first-order valence-corrected chi connectivity index (χ1v) is 9.04. The Balaban J connectivity index is 2.02. The lowest BCUT2D eigenvalue weighted by molar-refractivity contribution is 0.340. The fourth-order valence-electron chi connectivity index (χ4n) is 2.98. The fourth-order valence-corrected chi connectivity index (χ4v) is 4.53. The average molecular weight is 342 g/mol. The second-order valence-electron chi connectivity index (χ2n) is 5.90. The topological polar surface area (TPSA) is 77.3 Å². The minimum atomic E-state index is -3.69. The number of pyridine rings is 1. The van der Waals surface area contributed by atoms with Crippen molar-refractivity contribution in [1.29, 1.82) is 5.26 Å². The summed E-state index contributed by atoms with van der Waals surface area (Å²) < 4.78 is 27.6. The largest absolute Gasteiger partial charge is 0.373 e. The molecule has 0 saturated carbocycles. The molecule has 124 valence electrons. The van der Waals surface area contributed by atoms with Gasteiger partial charge in [-0.3, -0.25) is 0 Å². The Morgan fingerprint density at radius 2 is 2.00 bits per heavy atom. The van der Waals surface area contributed by atoms with Gasteiger partial charge in [-0.1, -0.05) is 18.2 Å². The van der Waals surface area contributed by atoms with E-state index in [0.717, 1.165) is 11.3 Å². The monoisotopic (exact) mass is 342 g/mol. The highest BCUT2D eigenvalue weighted by Gasteiger charge is 2.33. The van der Waals surface area contributed by atoms with Gasteiger partial charge in [0.2, 0.25) is 10.0 Å². The number of likely N-dealkylation sites (N-methyl/N-ethyl adjacent to an activating group) is 1. The summed E-state index contributed by atoms with van der Waals surface area (Å²) >= 11 is 0. The summed E-state index contributed by atoms with van der Waals surface area (Å²) in [5, 5.41) is 8.82. The lowest BCUT2D eigenvalue weighted by atomic mass is 10.1. The van der Waals surface area contributed by atoms with Crippen molar-refractivity contribution in [2.24, 2.45) is 0 Å². The lowest BCUT2D eigenvalue weighted by Gasteiger charge is -2.27. The van der Waals surface area contributed by atoms with Gasteiger partial charge in [0.1, 0.15) is 16.7 Å². The summed E-state index contributed by atoms with van der Waals surface area (Å²) in [6.07, 6.45) is 1.25. The number of hydrogen-bond acceptors (Lipinski definition) is 5. The molecule has 6 nitrogen and oxygen atoms in total. The Morgan fingerprint density at radius 1 is 1.25 bits per heavy atom. The van der Waals surface area contributed by atoms with Crippen LogP contribution in [-0.2, 0) is 16.6 Å². The Bertz CT molecular complexity index is 888. The Labute approximate surface area is 142 Å². The van der Waals surface area contributed by atoms with Crippen LogP contribution in [0.5, 0.6) is 0 Å². The summed E-state index contributed by atoms with van der Waals surface area (Å²) in [5.41, 5.74) is 2.21. The molecule has 7 heteroatoms. The van der Waals surface area contributed by atoms with Crippen LogP contribution in [0.4, 0.5) is 5.69 Å². The molecule has 2 heterocycles. The van der Waals surface area contributed by atoms with Crippen molar-refractivity contribution in [2.45, 2.75) is 24.4 Å². The van der Waals surface area contributed by atoms with Crippen LogP contribution in [0.3, 0.4) is 0 Å². The number of anilines is 1. The molecule has 1 aromatic carbocycles. The van der Waals surface area contributed by atoms with Crippen LogP contribution in [0, 0.1) is 11.3 Å². The predicted octanol–water partition coefficient (Wildman–Crippen LogP) is 1.98. The van der Waals surface area contributed by atoms with Crippen LogP contribution in [0.15, 0.2) is 47.5 Å². The number of para-hydroxylation sites is 1. The van der Waals surface area contributed by atoms with Crippen molar-refractivity contribution >= 4 is 15.7 Å². The van der Waals surface area contributed by atoms with Gasteiger partial charge in [-0.25, -0.2) is 13.4 Å². The minimum Gasteiger partial charge on any atom is -0.373 e. The van der Waals surface area contributed by atoms with Gasteiger partial charge in [0.25, 0.3) is 0 Å². The van der Waals surface area contributed by atoms with Crippen molar-refractivity contribution in [1.82, 2.24) is 9.29 Å². The molecule has 0 aliphatic carbocycles. The van der Waals surface area contributed by atoms with Gasteiger partial charge in [0.05, 0.1) is 0 Å². The van der Waals surface area contributed by atoms with Crippen LogP contribution in [0.2, 0.25) is 0 Å². The van der Waals surface area contributed by atoms with Crippen molar-refractivity contribution in [3.63, 3.8) is 0 Å². The van der Waals surface area contributed by atoms with Gasteiger partial charge in [-0.2, -0.15) is 9.57 Å². The summed E-state index contributed by atoms with van der Waals surface area (Å²) in [4.78, 5) is 6.07. The second-order valence-corrected chi connectivity index (χ2v) is 7.79. The number of hydrogen-bond donors (Lipinski definition) is 0. The molecule has 1 aliphatic rings. The maximum absolute atomic E-state index is 13.1. The van der Waals surface area contributed by atoms with Crippen molar-refractivity contribution in [2.75, 3.05) is 18.5 Å². The number of sulfonamides is 1. The van der Waals surface area contributed by atoms with Crippen molar-refractivity contribution in [3.05, 3.63) is 53.9 Å². The SMILES string of the molecule is C[C@@H]1CN(C)c2ccccc2CN1S(=O)(=O)c1ccc(C#N)nc1. The zero-order chi connectivity index (χ0) is 17.3. The smallest absolute Gasteiger partial charge is 0.245 e. The average Bonchev–Trinajstić information content (AvgIpc) is 2.72. The van der Waals surface area contributed by atoms with E-state index in [9.17, 15) is 8.42 Å². The predicted molar refractivity (Wildman–Crippen MR) is 90.9 cm³/mol.